The molecule has 0 spiro atoms. The highest BCUT2D eigenvalue weighted by Gasteiger charge is 2.24. The van der Waals surface area contributed by atoms with Crippen LogP contribution in [0.25, 0.3) is 0 Å². The lowest BCUT2D eigenvalue weighted by atomic mass is 9.95. The maximum atomic E-state index is 13.4. The summed E-state index contributed by atoms with van der Waals surface area (Å²) >= 11 is 0. The largest absolute Gasteiger partial charge is 0.350 e. The van der Waals surface area contributed by atoms with Crippen LogP contribution < -0.4 is 10.6 Å². The Bertz CT molecular complexity index is 495. The number of carbonyl (C=O) groups is 2. The van der Waals surface area contributed by atoms with Crippen molar-refractivity contribution in [2.75, 3.05) is 0 Å². The Balaban J connectivity index is 2.51. The molecular formula is C15H21FN2O2. The van der Waals surface area contributed by atoms with E-state index in [4.69, 9.17) is 0 Å². The molecule has 1 aromatic rings. The minimum atomic E-state index is -0.659. The zero-order valence-electron chi connectivity index (χ0n) is 12.3. The van der Waals surface area contributed by atoms with Gasteiger partial charge in [-0.2, -0.15) is 0 Å². The molecule has 0 unspecified atom stereocenters. The van der Waals surface area contributed by atoms with Gasteiger partial charge in [0.1, 0.15) is 11.9 Å². The summed E-state index contributed by atoms with van der Waals surface area (Å²) < 4.78 is 13.4. The summed E-state index contributed by atoms with van der Waals surface area (Å²) in [4.78, 5) is 23.6. The lowest BCUT2D eigenvalue weighted by Gasteiger charge is -2.21. The molecule has 20 heavy (non-hydrogen) atoms. The maximum Gasteiger partial charge on any atom is 0.242 e. The van der Waals surface area contributed by atoms with Crippen LogP contribution in [0.1, 0.15) is 33.3 Å². The topological polar surface area (TPSA) is 58.2 Å². The van der Waals surface area contributed by atoms with Crippen molar-refractivity contribution in [3.63, 3.8) is 0 Å². The molecule has 1 aromatic carbocycles. The van der Waals surface area contributed by atoms with Gasteiger partial charge in [-0.05, 0) is 13.0 Å². The lowest BCUT2D eigenvalue weighted by molar-refractivity contribution is -0.133. The molecule has 2 amide bonds. The van der Waals surface area contributed by atoms with Crippen LogP contribution in [0.3, 0.4) is 0 Å². The van der Waals surface area contributed by atoms with Gasteiger partial charge in [-0.1, -0.05) is 39.0 Å². The van der Waals surface area contributed by atoms with Crippen LogP contribution in [-0.4, -0.2) is 17.9 Å². The van der Waals surface area contributed by atoms with Gasteiger partial charge in [-0.3, -0.25) is 9.59 Å². The third-order valence-corrected chi connectivity index (χ3v) is 2.83. The first-order chi connectivity index (χ1) is 9.21. The van der Waals surface area contributed by atoms with Crippen molar-refractivity contribution in [1.29, 1.82) is 0 Å². The second-order valence-electron chi connectivity index (χ2n) is 5.75. The van der Waals surface area contributed by atoms with E-state index in [1.165, 1.54) is 6.07 Å². The second-order valence-corrected chi connectivity index (χ2v) is 5.75. The minimum Gasteiger partial charge on any atom is -0.350 e. The van der Waals surface area contributed by atoms with Crippen molar-refractivity contribution in [2.24, 2.45) is 5.41 Å². The number of hydrogen-bond acceptors (Lipinski definition) is 2. The van der Waals surface area contributed by atoms with Crippen LogP contribution in [0.15, 0.2) is 24.3 Å². The summed E-state index contributed by atoms with van der Waals surface area (Å²) in [6.45, 7) is 7.01. The molecule has 0 fully saturated rings. The van der Waals surface area contributed by atoms with Crippen molar-refractivity contribution < 1.29 is 14.0 Å². The first-order valence-electron chi connectivity index (χ1n) is 6.54. The van der Waals surface area contributed by atoms with Crippen LogP contribution >= 0.6 is 0 Å². The standard InChI is InChI=1S/C15H21FN2O2/c1-10(18-14(20)15(2,3)4)13(19)17-9-11-7-5-6-8-12(11)16/h5-8,10H,9H2,1-4H3,(H,17,19)(H,18,20)/t10-/m1/s1. The van der Waals surface area contributed by atoms with E-state index in [-0.39, 0.29) is 24.2 Å². The molecule has 0 aliphatic rings. The monoisotopic (exact) mass is 280 g/mol. The van der Waals surface area contributed by atoms with E-state index < -0.39 is 11.5 Å². The smallest absolute Gasteiger partial charge is 0.242 e. The van der Waals surface area contributed by atoms with E-state index in [1.807, 2.05) is 0 Å². The van der Waals surface area contributed by atoms with Crippen LogP contribution in [0.5, 0.6) is 0 Å². The highest BCUT2D eigenvalue weighted by molar-refractivity contribution is 5.89. The Morgan fingerprint density at radius 2 is 1.85 bits per heavy atom. The molecule has 0 saturated carbocycles. The summed E-state index contributed by atoms with van der Waals surface area (Å²) in [5, 5.41) is 5.23. The zero-order chi connectivity index (χ0) is 15.3. The molecule has 0 heterocycles. The normalized spacial score (nSPS) is 12.7. The average Bonchev–Trinajstić information content (AvgIpc) is 2.36. The Hall–Kier alpha value is -1.91. The molecule has 1 atom stereocenters. The molecule has 1 rings (SSSR count). The van der Waals surface area contributed by atoms with Gasteiger partial charge in [0.15, 0.2) is 0 Å². The number of hydrogen-bond donors (Lipinski definition) is 2. The van der Waals surface area contributed by atoms with Crippen LogP contribution in [-0.2, 0) is 16.1 Å². The van der Waals surface area contributed by atoms with E-state index in [2.05, 4.69) is 10.6 Å². The SMILES string of the molecule is C[C@@H](NC(=O)C(C)(C)C)C(=O)NCc1ccccc1F. The third kappa shape index (κ3) is 4.64. The second kappa shape index (κ2) is 6.50. The zero-order valence-corrected chi connectivity index (χ0v) is 12.3. The van der Waals surface area contributed by atoms with E-state index in [0.717, 1.165) is 0 Å². The number of amides is 2. The van der Waals surface area contributed by atoms with Gasteiger partial charge in [0, 0.05) is 17.5 Å². The van der Waals surface area contributed by atoms with Gasteiger partial charge < -0.3 is 10.6 Å². The lowest BCUT2D eigenvalue weighted by Crippen LogP contribution is -2.48. The highest BCUT2D eigenvalue weighted by Crippen LogP contribution is 2.12. The Morgan fingerprint density at radius 1 is 1.25 bits per heavy atom. The summed E-state index contributed by atoms with van der Waals surface area (Å²) in [6, 6.07) is 5.58. The molecule has 5 heteroatoms. The Morgan fingerprint density at radius 3 is 2.40 bits per heavy atom. The minimum absolute atomic E-state index is 0.0984. The van der Waals surface area contributed by atoms with E-state index in [1.54, 1.807) is 45.9 Å². The van der Waals surface area contributed by atoms with Crippen LogP contribution in [0.4, 0.5) is 4.39 Å². The first kappa shape index (κ1) is 16.1. The third-order valence-electron chi connectivity index (χ3n) is 2.83. The summed E-state index contributed by atoms with van der Waals surface area (Å²) in [5.41, 5.74) is -0.143. The summed E-state index contributed by atoms with van der Waals surface area (Å²) in [5.74, 6) is -0.906. The van der Waals surface area contributed by atoms with Crippen molar-refractivity contribution in [3.05, 3.63) is 35.6 Å². The van der Waals surface area contributed by atoms with Gasteiger partial charge in [0.25, 0.3) is 0 Å². The van der Waals surface area contributed by atoms with E-state index in [0.29, 0.717) is 5.56 Å². The summed E-state index contributed by atoms with van der Waals surface area (Å²) in [7, 11) is 0. The van der Waals surface area contributed by atoms with Crippen molar-refractivity contribution in [2.45, 2.75) is 40.3 Å². The fourth-order valence-corrected chi connectivity index (χ4v) is 1.46. The highest BCUT2D eigenvalue weighted by atomic mass is 19.1. The molecule has 4 nitrogen and oxygen atoms in total. The quantitative estimate of drug-likeness (QED) is 0.886. The number of benzene rings is 1. The number of halogens is 1. The van der Waals surface area contributed by atoms with Crippen molar-refractivity contribution >= 4 is 11.8 Å². The molecule has 0 aliphatic carbocycles. The molecule has 0 aromatic heterocycles. The van der Waals surface area contributed by atoms with Gasteiger partial charge in [0.2, 0.25) is 11.8 Å². The van der Waals surface area contributed by atoms with Gasteiger partial charge >= 0.3 is 0 Å². The van der Waals surface area contributed by atoms with E-state index in [9.17, 15) is 14.0 Å². The molecule has 110 valence electrons. The molecule has 0 radical (unpaired) electrons. The van der Waals surface area contributed by atoms with Gasteiger partial charge in [-0.15, -0.1) is 0 Å². The van der Waals surface area contributed by atoms with E-state index >= 15 is 0 Å². The fourth-order valence-electron chi connectivity index (χ4n) is 1.46. The van der Waals surface area contributed by atoms with Crippen LogP contribution in [0, 0.1) is 11.2 Å². The van der Waals surface area contributed by atoms with Crippen molar-refractivity contribution in [3.8, 4) is 0 Å². The first-order valence-corrected chi connectivity index (χ1v) is 6.54. The predicted molar refractivity (Wildman–Crippen MR) is 75.3 cm³/mol. The predicted octanol–water partition coefficient (Wildman–Crippen LogP) is 1.99. The summed E-state index contributed by atoms with van der Waals surface area (Å²) in [6.07, 6.45) is 0. The molecule has 0 bridgehead atoms. The number of nitrogens with one attached hydrogen (secondary N) is 2. The van der Waals surface area contributed by atoms with Crippen LogP contribution in [0.2, 0.25) is 0 Å². The average molecular weight is 280 g/mol. The maximum absolute atomic E-state index is 13.4. The Labute approximate surface area is 118 Å². The fraction of sp³-hybridized carbons (Fsp3) is 0.467. The van der Waals surface area contributed by atoms with Crippen molar-refractivity contribution in [1.82, 2.24) is 10.6 Å². The van der Waals surface area contributed by atoms with Gasteiger partial charge in [-0.25, -0.2) is 4.39 Å². The Kier molecular flexibility index (Phi) is 5.25. The van der Waals surface area contributed by atoms with Gasteiger partial charge in [0.05, 0.1) is 0 Å². The molecule has 2 N–H and O–H groups in total. The number of rotatable bonds is 4. The molecule has 0 saturated heterocycles. The molecule has 0 aliphatic heterocycles. The molecular weight excluding hydrogens is 259 g/mol. The number of carbonyl (C=O) groups excluding carboxylic acids is 2.